The molecule has 2 aliphatic carbocycles. The van der Waals surface area contributed by atoms with Gasteiger partial charge in [0.2, 0.25) is 11.8 Å². The number of nitrogens with zero attached hydrogens (tertiary/aromatic N) is 3. The van der Waals surface area contributed by atoms with Crippen LogP contribution in [0.4, 0.5) is 4.39 Å². The van der Waals surface area contributed by atoms with Crippen molar-refractivity contribution in [1.29, 1.82) is 0 Å². The number of carbonyl (C=O) groups excluding carboxylic acids is 2. The topological polar surface area (TPSA) is 91.0 Å². The number of piperidine rings is 1. The monoisotopic (exact) mass is 459 g/mol. The van der Waals surface area contributed by atoms with E-state index in [1.54, 1.807) is 11.0 Å². The summed E-state index contributed by atoms with van der Waals surface area (Å²) in [6.45, 7) is 0.583. The number of hydrogen-bond donors (Lipinski definition) is 2. The number of amides is 2. The average molecular weight is 460 g/mol. The first-order valence-electron chi connectivity index (χ1n) is 11.9. The highest BCUT2D eigenvalue weighted by atomic mass is 19.1. The van der Waals surface area contributed by atoms with Crippen LogP contribution in [-0.4, -0.2) is 44.7 Å². The summed E-state index contributed by atoms with van der Waals surface area (Å²) in [5, 5.41) is 13.4. The Bertz CT molecular complexity index is 1210. The van der Waals surface area contributed by atoms with Crippen LogP contribution in [0.15, 0.2) is 54.7 Å². The maximum atomic E-state index is 14.9. The summed E-state index contributed by atoms with van der Waals surface area (Å²) >= 11 is 0. The van der Waals surface area contributed by atoms with Crippen LogP contribution in [0.2, 0.25) is 0 Å². The van der Waals surface area contributed by atoms with E-state index in [0.717, 1.165) is 30.4 Å². The molecule has 34 heavy (non-hydrogen) atoms. The molecule has 2 N–H and O–H groups in total. The van der Waals surface area contributed by atoms with Crippen LogP contribution in [0, 0.1) is 17.7 Å². The molecule has 8 heteroatoms. The van der Waals surface area contributed by atoms with E-state index in [1.807, 2.05) is 42.5 Å². The summed E-state index contributed by atoms with van der Waals surface area (Å²) in [5.41, 5.74) is 2.88. The Kier molecular flexibility index (Phi) is 5.16. The molecule has 7 nitrogen and oxygen atoms in total. The molecule has 3 aromatic rings. The number of benzene rings is 2. The normalized spacial score (nSPS) is 23.9. The lowest BCUT2D eigenvalue weighted by atomic mass is 9.96. The fraction of sp³-hybridized carbons (Fsp3) is 0.385. The molecule has 2 amide bonds. The summed E-state index contributed by atoms with van der Waals surface area (Å²) in [7, 11) is 0. The summed E-state index contributed by atoms with van der Waals surface area (Å²) in [6, 6.07) is 13.9. The van der Waals surface area contributed by atoms with Crippen molar-refractivity contribution < 1.29 is 14.0 Å². The molecule has 1 aliphatic heterocycles. The van der Waals surface area contributed by atoms with Crippen molar-refractivity contribution in [3.63, 3.8) is 0 Å². The number of aromatic amines is 1. The lowest BCUT2D eigenvalue weighted by Crippen LogP contribution is -2.49. The Morgan fingerprint density at radius 3 is 2.68 bits per heavy atom. The van der Waals surface area contributed by atoms with Crippen LogP contribution in [-0.2, 0) is 16.0 Å². The number of carbonyl (C=O) groups is 2. The van der Waals surface area contributed by atoms with Gasteiger partial charge in [-0.25, -0.2) is 4.39 Å². The molecule has 2 saturated carbocycles. The third kappa shape index (κ3) is 3.97. The predicted molar refractivity (Wildman–Crippen MR) is 122 cm³/mol. The number of halogens is 1. The SMILES string of the molecule is O=C(N[C@@H](c1ccccc1)c1ccc(C2CC2)c(F)c1)[C@@H]1[C@H]2C[C@H]2CN1C(=O)Cc1cn[nH]n1. The van der Waals surface area contributed by atoms with Gasteiger partial charge in [-0.15, -0.1) is 0 Å². The molecule has 3 fully saturated rings. The molecule has 2 heterocycles. The largest absolute Gasteiger partial charge is 0.343 e. The summed E-state index contributed by atoms with van der Waals surface area (Å²) < 4.78 is 14.9. The molecule has 174 valence electrons. The molecular weight excluding hydrogens is 433 g/mol. The molecule has 0 bridgehead atoms. The molecule has 6 rings (SSSR count). The highest BCUT2D eigenvalue weighted by molar-refractivity contribution is 5.90. The third-order valence-corrected chi connectivity index (χ3v) is 7.33. The van der Waals surface area contributed by atoms with E-state index < -0.39 is 12.1 Å². The minimum Gasteiger partial charge on any atom is -0.343 e. The predicted octanol–water partition coefficient (Wildman–Crippen LogP) is 3.12. The van der Waals surface area contributed by atoms with Gasteiger partial charge in [0.15, 0.2) is 0 Å². The van der Waals surface area contributed by atoms with Gasteiger partial charge >= 0.3 is 0 Å². The third-order valence-electron chi connectivity index (χ3n) is 7.33. The average Bonchev–Trinajstić information content (AvgIpc) is 3.75. The number of fused-ring (bicyclic) bond motifs is 1. The van der Waals surface area contributed by atoms with Crippen LogP contribution >= 0.6 is 0 Å². The van der Waals surface area contributed by atoms with Gasteiger partial charge in [-0.05, 0) is 59.8 Å². The van der Waals surface area contributed by atoms with Gasteiger partial charge < -0.3 is 10.2 Å². The van der Waals surface area contributed by atoms with Gasteiger partial charge in [-0.2, -0.15) is 15.4 Å². The minimum absolute atomic E-state index is 0.107. The van der Waals surface area contributed by atoms with E-state index in [0.29, 0.717) is 29.6 Å². The number of nitrogens with one attached hydrogen (secondary N) is 2. The lowest BCUT2D eigenvalue weighted by molar-refractivity contribution is -0.139. The Labute approximate surface area is 196 Å². The van der Waals surface area contributed by atoms with Crippen LogP contribution in [0.5, 0.6) is 0 Å². The van der Waals surface area contributed by atoms with Crippen LogP contribution in [0.1, 0.15) is 53.6 Å². The summed E-state index contributed by atoms with van der Waals surface area (Å²) in [5.74, 6) is 0.307. The minimum atomic E-state index is -0.522. The Morgan fingerprint density at radius 2 is 1.97 bits per heavy atom. The summed E-state index contributed by atoms with van der Waals surface area (Å²) in [4.78, 5) is 28.3. The second kappa shape index (κ2) is 8.34. The molecule has 0 spiro atoms. The zero-order chi connectivity index (χ0) is 23.2. The Balaban J connectivity index is 1.25. The van der Waals surface area contributed by atoms with Gasteiger partial charge in [-0.1, -0.05) is 42.5 Å². The molecule has 2 aromatic carbocycles. The van der Waals surface area contributed by atoms with E-state index in [9.17, 15) is 14.0 Å². The van der Waals surface area contributed by atoms with Crippen molar-refractivity contribution >= 4 is 11.8 Å². The molecule has 1 aromatic heterocycles. The second-order valence-corrected chi connectivity index (χ2v) is 9.70. The smallest absolute Gasteiger partial charge is 0.243 e. The first kappa shape index (κ1) is 21.0. The number of aromatic nitrogens is 3. The first-order chi connectivity index (χ1) is 16.6. The highest BCUT2D eigenvalue weighted by Gasteiger charge is 2.56. The molecular formula is C26H26FN5O2. The second-order valence-electron chi connectivity index (χ2n) is 9.70. The number of likely N-dealkylation sites (tertiary alicyclic amines) is 1. The van der Waals surface area contributed by atoms with E-state index in [4.69, 9.17) is 0 Å². The molecule has 3 aliphatic rings. The standard InChI is InChI=1S/C26H26FN5O2/c27-22-11-17(8-9-20(22)15-6-7-15)24(16-4-2-1-3-5-16)29-26(34)25-21-10-18(21)14-32(25)23(33)12-19-13-28-31-30-19/h1-5,8-9,11,13,15,18,21,24-25H,6-7,10,12,14H2,(H,29,34)(H,28,30,31)/t18-,21-,24-,25-/m0/s1. The first-order valence-corrected chi connectivity index (χ1v) is 11.9. The lowest BCUT2D eigenvalue weighted by Gasteiger charge is -2.29. The fourth-order valence-corrected chi connectivity index (χ4v) is 5.31. The van der Waals surface area contributed by atoms with Crippen molar-refractivity contribution in [2.24, 2.45) is 11.8 Å². The zero-order valence-electron chi connectivity index (χ0n) is 18.7. The van der Waals surface area contributed by atoms with Crippen LogP contribution < -0.4 is 5.32 Å². The molecule has 1 saturated heterocycles. The van der Waals surface area contributed by atoms with Crippen molar-refractivity contribution in [3.8, 4) is 0 Å². The van der Waals surface area contributed by atoms with Crippen molar-refractivity contribution in [2.75, 3.05) is 6.54 Å². The van der Waals surface area contributed by atoms with Gasteiger partial charge in [0, 0.05) is 6.54 Å². The zero-order valence-corrected chi connectivity index (χ0v) is 18.7. The van der Waals surface area contributed by atoms with Gasteiger partial charge in [0.05, 0.1) is 24.4 Å². The fourth-order valence-electron chi connectivity index (χ4n) is 5.31. The van der Waals surface area contributed by atoms with E-state index in [1.165, 1.54) is 6.20 Å². The van der Waals surface area contributed by atoms with Gasteiger partial charge in [0.1, 0.15) is 11.9 Å². The number of hydrogen-bond acceptors (Lipinski definition) is 4. The van der Waals surface area contributed by atoms with Gasteiger partial charge in [0.25, 0.3) is 0 Å². The van der Waals surface area contributed by atoms with Crippen LogP contribution in [0.3, 0.4) is 0 Å². The molecule has 4 atom stereocenters. The maximum absolute atomic E-state index is 14.9. The number of rotatable bonds is 7. The quantitative estimate of drug-likeness (QED) is 0.568. The van der Waals surface area contributed by atoms with Crippen molar-refractivity contribution in [2.45, 2.75) is 43.7 Å². The summed E-state index contributed by atoms with van der Waals surface area (Å²) in [6.07, 6.45) is 4.63. The van der Waals surface area contributed by atoms with E-state index in [-0.39, 0.29) is 30.0 Å². The molecule has 0 radical (unpaired) electrons. The Hall–Kier alpha value is -3.55. The van der Waals surface area contributed by atoms with E-state index in [2.05, 4.69) is 20.7 Å². The van der Waals surface area contributed by atoms with Crippen molar-refractivity contribution in [3.05, 3.63) is 82.9 Å². The van der Waals surface area contributed by atoms with Gasteiger partial charge in [-0.3, -0.25) is 9.59 Å². The van der Waals surface area contributed by atoms with E-state index >= 15 is 0 Å². The Morgan fingerprint density at radius 1 is 1.15 bits per heavy atom. The molecule has 0 unspecified atom stereocenters. The highest BCUT2D eigenvalue weighted by Crippen LogP contribution is 2.50. The maximum Gasteiger partial charge on any atom is 0.243 e. The van der Waals surface area contributed by atoms with Crippen LogP contribution in [0.25, 0.3) is 0 Å². The number of H-pyrrole nitrogens is 1. The van der Waals surface area contributed by atoms with Crippen molar-refractivity contribution in [1.82, 2.24) is 25.6 Å².